The van der Waals surface area contributed by atoms with Crippen molar-refractivity contribution in [2.24, 2.45) is 0 Å². The van der Waals surface area contributed by atoms with Crippen molar-refractivity contribution in [2.75, 3.05) is 5.73 Å². The Labute approximate surface area is 128 Å². The van der Waals surface area contributed by atoms with E-state index in [1.54, 1.807) is 13.1 Å². The van der Waals surface area contributed by atoms with Crippen LogP contribution in [0.25, 0.3) is 0 Å². The van der Waals surface area contributed by atoms with Gasteiger partial charge in [-0.25, -0.2) is 18.1 Å². The number of thiophene rings is 1. The number of nitrogens with zero attached hydrogens (tertiary/aromatic N) is 2. The van der Waals surface area contributed by atoms with Gasteiger partial charge in [-0.15, -0.1) is 11.3 Å². The minimum absolute atomic E-state index is 0.141. The van der Waals surface area contributed by atoms with E-state index >= 15 is 0 Å². The molecule has 8 nitrogen and oxygen atoms in total. The van der Waals surface area contributed by atoms with Gasteiger partial charge in [0.1, 0.15) is 9.22 Å². The molecule has 2 heterocycles. The van der Waals surface area contributed by atoms with Crippen LogP contribution >= 0.6 is 22.7 Å². The molecule has 1 unspecified atom stereocenters. The predicted molar refractivity (Wildman–Crippen MR) is 81.0 cm³/mol. The van der Waals surface area contributed by atoms with Crippen LogP contribution in [-0.4, -0.2) is 18.3 Å². The summed E-state index contributed by atoms with van der Waals surface area (Å²) in [5.74, 6) is 0. The zero-order chi connectivity index (χ0) is 15.8. The fourth-order valence-corrected chi connectivity index (χ4v) is 4.85. The molecule has 0 amide bonds. The molecule has 3 N–H and O–H groups in total. The van der Waals surface area contributed by atoms with Gasteiger partial charge in [-0.2, -0.15) is 0 Å². The predicted octanol–water partition coefficient (Wildman–Crippen LogP) is 2.04. The molecule has 114 valence electrons. The molecule has 11 heteroatoms. The normalized spacial score (nSPS) is 13.2. The number of sulfonamides is 1. The number of hydrogen-bond acceptors (Lipinski definition) is 8. The summed E-state index contributed by atoms with van der Waals surface area (Å²) in [5.41, 5.74) is 5.05. The molecule has 0 aliphatic carbocycles. The van der Waals surface area contributed by atoms with Crippen LogP contribution in [0.3, 0.4) is 0 Å². The molecule has 2 aromatic heterocycles. The lowest BCUT2D eigenvalue weighted by Crippen LogP contribution is -2.26. The Kier molecular flexibility index (Phi) is 4.27. The Morgan fingerprint density at radius 3 is 2.62 bits per heavy atom. The molecule has 0 aliphatic rings. The first-order chi connectivity index (χ1) is 9.70. The Hall–Kier alpha value is -1.56. The number of thiazole rings is 1. The van der Waals surface area contributed by atoms with Crippen molar-refractivity contribution in [3.05, 3.63) is 32.3 Å². The van der Waals surface area contributed by atoms with Crippen molar-refractivity contribution in [3.63, 3.8) is 0 Å². The van der Waals surface area contributed by atoms with E-state index in [1.165, 1.54) is 11.3 Å². The lowest BCUT2D eigenvalue weighted by atomic mass is 10.4. The van der Waals surface area contributed by atoms with Crippen molar-refractivity contribution in [1.29, 1.82) is 0 Å². The fraction of sp³-hybridized carbons (Fsp3) is 0.300. The highest BCUT2D eigenvalue weighted by Gasteiger charge is 2.27. The third-order valence-corrected chi connectivity index (χ3v) is 6.58. The largest absolute Gasteiger partial charge is 0.385 e. The Morgan fingerprint density at radius 1 is 1.48 bits per heavy atom. The minimum atomic E-state index is -3.88. The van der Waals surface area contributed by atoms with E-state index in [1.807, 2.05) is 6.92 Å². The van der Waals surface area contributed by atoms with Gasteiger partial charge in [-0.3, -0.25) is 10.1 Å². The average Bonchev–Trinajstić information content (AvgIpc) is 2.95. The first-order valence-electron chi connectivity index (χ1n) is 5.69. The second-order valence-electron chi connectivity index (χ2n) is 4.22. The van der Waals surface area contributed by atoms with Gasteiger partial charge in [0.05, 0.1) is 11.0 Å². The van der Waals surface area contributed by atoms with Gasteiger partial charge in [0.25, 0.3) is 10.0 Å². The molecular formula is C10H12N4O4S3. The van der Waals surface area contributed by atoms with Gasteiger partial charge in [0.15, 0.2) is 5.00 Å². The van der Waals surface area contributed by atoms with Gasteiger partial charge in [-0.05, 0) is 13.8 Å². The third kappa shape index (κ3) is 3.37. The quantitative estimate of drug-likeness (QED) is 0.628. The molecule has 2 rings (SSSR count). The maximum atomic E-state index is 12.2. The fourth-order valence-electron chi connectivity index (χ4n) is 1.56. The van der Waals surface area contributed by atoms with Crippen LogP contribution in [0.2, 0.25) is 0 Å². The molecule has 0 saturated heterocycles. The van der Waals surface area contributed by atoms with Crippen LogP contribution in [0.1, 0.15) is 22.9 Å². The second kappa shape index (κ2) is 5.67. The van der Waals surface area contributed by atoms with Crippen LogP contribution in [0.15, 0.2) is 16.5 Å². The van der Waals surface area contributed by atoms with Gasteiger partial charge < -0.3 is 5.73 Å². The van der Waals surface area contributed by atoms with Crippen LogP contribution in [0.4, 0.5) is 10.7 Å². The van der Waals surface area contributed by atoms with Crippen LogP contribution < -0.4 is 10.5 Å². The molecule has 0 aromatic carbocycles. The highest BCUT2D eigenvalue weighted by Crippen LogP contribution is 2.35. The molecule has 0 saturated carbocycles. The Bertz CT molecular complexity index is 780. The van der Waals surface area contributed by atoms with E-state index in [9.17, 15) is 18.5 Å². The molecule has 0 spiro atoms. The minimum Gasteiger partial charge on any atom is -0.385 e. The summed E-state index contributed by atoms with van der Waals surface area (Å²) in [6.07, 6.45) is 1.65. The zero-order valence-corrected chi connectivity index (χ0v) is 13.5. The molecule has 2 aromatic rings. The van der Waals surface area contributed by atoms with Crippen molar-refractivity contribution in [1.82, 2.24) is 9.71 Å². The molecule has 0 bridgehead atoms. The maximum Gasteiger partial charge on any atom is 0.304 e. The third-order valence-electron chi connectivity index (χ3n) is 2.52. The number of nitro groups is 1. The molecule has 0 aliphatic heterocycles. The van der Waals surface area contributed by atoms with Crippen LogP contribution in [-0.2, 0) is 10.0 Å². The Morgan fingerprint density at radius 2 is 2.14 bits per heavy atom. The van der Waals surface area contributed by atoms with E-state index in [0.29, 0.717) is 16.3 Å². The SMILES string of the molecule is Cc1cnc(C(C)NS(=O)(=O)c2cc([N+](=O)[O-])c(N)s2)s1. The van der Waals surface area contributed by atoms with E-state index in [-0.39, 0.29) is 9.21 Å². The number of nitrogens with one attached hydrogen (secondary N) is 1. The van der Waals surface area contributed by atoms with Crippen molar-refractivity contribution < 1.29 is 13.3 Å². The van der Waals surface area contributed by atoms with Gasteiger partial charge >= 0.3 is 5.69 Å². The second-order valence-corrected chi connectivity index (χ2v) is 8.52. The first-order valence-corrected chi connectivity index (χ1v) is 8.80. The van der Waals surface area contributed by atoms with Crippen LogP contribution in [0.5, 0.6) is 0 Å². The van der Waals surface area contributed by atoms with E-state index in [0.717, 1.165) is 10.9 Å². The standard InChI is InChI=1S/C10H12N4O4S3/c1-5-4-12-10(19-5)6(2)13-21(17,18)8-3-7(14(15)16)9(11)20-8/h3-4,6,13H,11H2,1-2H3. The first kappa shape index (κ1) is 15.8. The summed E-state index contributed by atoms with van der Waals surface area (Å²) in [6, 6.07) is 0.429. The summed E-state index contributed by atoms with van der Waals surface area (Å²) in [7, 11) is -3.88. The molecule has 1 atom stereocenters. The number of anilines is 1. The zero-order valence-electron chi connectivity index (χ0n) is 11.1. The number of nitrogens with two attached hydrogens (primary N) is 1. The number of rotatable bonds is 5. The van der Waals surface area contributed by atoms with Gasteiger partial charge in [0.2, 0.25) is 0 Å². The summed E-state index contributed by atoms with van der Waals surface area (Å²) >= 11 is 2.04. The lowest BCUT2D eigenvalue weighted by Gasteiger charge is -2.10. The lowest BCUT2D eigenvalue weighted by molar-refractivity contribution is -0.383. The summed E-state index contributed by atoms with van der Waals surface area (Å²) in [6.45, 7) is 3.52. The summed E-state index contributed by atoms with van der Waals surface area (Å²) in [4.78, 5) is 15.1. The summed E-state index contributed by atoms with van der Waals surface area (Å²) in [5, 5.41) is 11.2. The van der Waals surface area contributed by atoms with E-state index < -0.39 is 26.7 Å². The molecule has 0 fully saturated rings. The van der Waals surface area contributed by atoms with Crippen molar-refractivity contribution in [2.45, 2.75) is 24.1 Å². The summed E-state index contributed by atoms with van der Waals surface area (Å²) < 4.78 is 26.7. The number of aryl methyl sites for hydroxylation is 1. The van der Waals surface area contributed by atoms with Crippen LogP contribution in [0, 0.1) is 17.0 Å². The topological polar surface area (TPSA) is 128 Å². The van der Waals surface area contributed by atoms with Gasteiger partial charge in [-0.1, -0.05) is 11.3 Å². The van der Waals surface area contributed by atoms with Crippen molar-refractivity contribution in [3.8, 4) is 0 Å². The van der Waals surface area contributed by atoms with E-state index in [4.69, 9.17) is 5.73 Å². The number of aromatic nitrogens is 1. The molecule has 21 heavy (non-hydrogen) atoms. The smallest absolute Gasteiger partial charge is 0.304 e. The number of nitrogen functional groups attached to an aromatic ring is 1. The van der Waals surface area contributed by atoms with Gasteiger partial charge in [0, 0.05) is 17.1 Å². The maximum absolute atomic E-state index is 12.2. The monoisotopic (exact) mass is 348 g/mol. The number of hydrogen-bond donors (Lipinski definition) is 2. The molecule has 0 radical (unpaired) electrons. The molecular weight excluding hydrogens is 336 g/mol. The van der Waals surface area contributed by atoms with E-state index in [2.05, 4.69) is 9.71 Å². The Balaban J connectivity index is 2.26. The average molecular weight is 348 g/mol. The van der Waals surface area contributed by atoms with Crippen molar-refractivity contribution >= 4 is 43.4 Å². The highest BCUT2D eigenvalue weighted by molar-refractivity contribution is 7.91. The highest BCUT2D eigenvalue weighted by atomic mass is 32.2.